The topological polar surface area (TPSA) is 38.3 Å². The minimum absolute atomic E-state index is 0.176. The van der Waals surface area contributed by atoms with Crippen LogP contribution in [0.1, 0.15) is 31.2 Å². The first-order valence-electron chi connectivity index (χ1n) is 6.18. The molecule has 0 spiro atoms. The maximum absolute atomic E-state index is 11.7. The summed E-state index contributed by atoms with van der Waals surface area (Å²) in [5.74, 6) is 1.64. The standard InChI is InChI=1S/C14H19NO2/c1-3-8-15-14(16)13-9-12(13)10-4-6-11(17-2)7-5-10/h4-7,12-13H,3,8-9H2,1-2H3,(H,15,16). The largest absolute Gasteiger partial charge is 0.497 e. The molecular formula is C14H19NO2. The van der Waals surface area contributed by atoms with Crippen LogP contribution in [0, 0.1) is 5.92 Å². The highest BCUT2D eigenvalue weighted by molar-refractivity contribution is 5.82. The zero-order valence-electron chi connectivity index (χ0n) is 10.4. The predicted molar refractivity (Wildman–Crippen MR) is 67.1 cm³/mol. The van der Waals surface area contributed by atoms with Gasteiger partial charge in [0.15, 0.2) is 0 Å². The molecule has 0 aliphatic heterocycles. The first-order chi connectivity index (χ1) is 8.26. The van der Waals surface area contributed by atoms with Crippen LogP contribution in [0.2, 0.25) is 0 Å². The molecule has 0 radical (unpaired) electrons. The quantitative estimate of drug-likeness (QED) is 0.847. The molecule has 1 amide bonds. The van der Waals surface area contributed by atoms with Gasteiger partial charge in [0.05, 0.1) is 7.11 Å². The Morgan fingerprint density at radius 2 is 2.12 bits per heavy atom. The average molecular weight is 233 g/mol. The van der Waals surface area contributed by atoms with E-state index in [2.05, 4.69) is 24.4 Å². The molecule has 1 aliphatic carbocycles. The normalized spacial score (nSPS) is 22.0. The van der Waals surface area contributed by atoms with Gasteiger partial charge >= 0.3 is 0 Å². The zero-order valence-corrected chi connectivity index (χ0v) is 10.4. The first kappa shape index (κ1) is 12.0. The van der Waals surface area contributed by atoms with Crippen LogP contribution in [0.3, 0.4) is 0 Å². The maximum atomic E-state index is 11.7. The third kappa shape index (κ3) is 2.78. The van der Waals surface area contributed by atoms with Gasteiger partial charge in [-0.25, -0.2) is 0 Å². The van der Waals surface area contributed by atoms with Gasteiger partial charge in [-0.1, -0.05) is 19.1 Å². The molecule has 1 aromatic rings. The number of methoxy groups -OCH3 is 1. The van der Waals surface area contributed by atoms with E-state index in [1.807, 2.05) is 12.1 Å². The molecule has 2 rings (SSSR count). The monoisotopic (exact) mass is 233 g/mol. The molecule has 0 heterocycles. The van der Waals surface area contributed by atoms with Gasteiger partial charge in [0.25, 0.3) is 0 Å². The molecular weight excluding hydrogens is 214 g/mol. The molecule has 0 aromatic heterocycles. The van der Waals surface area contributed by atoms with Crippen molar-refractivity contribution in [3.63, 3.8) is 0 Å². The van der Waals surface area contributed by atoms with Gasteiger partial charge in [-0.05, 0) is 36.5 Å². The van der Waals surface area contributed by atoms with Gasteiger partial charge in [-0.15, -0.1) is 0 Å². The Balaban J connectivity index is 1.90. The van der Waals surface area contributed by atoms with Crippen molar-refractivity contribution < 1.29 is 9.53 Å². The summed E-state index contributed by atoms with van der Waals surface area (Å²) in [7, 11) is 1.66. The summed E-state index contributed by atoms with van der Waals surface area (Å²) in [6, 6.07) is 8.01. The van der Waals surface area contributed by atoms with Crippen LogP contribution in [0.25, 0.3) is 0 Å². The number of hydrogen-bond donors (Lipinski definition) is 1. The van der Waals surface area contributed by atoms with Crippen molar-refractivity contribution in [1.82, 2.24) is 5.32 Å². The second-order valence-corrected chi connectivity index (χ2v) is 4.51. The summed E-state index contributed by atoms with van der Waals surface area (Å²) in [6.07, 6.45) is 1.97. The fourth-order valence-corrected chi connectivity index (χ4v) is 2.08. The Kier molecular flexibility index (Phi) is 3.67. The number of carbonyl (C=O) groups excluding carboxylic acids is 1. The van der Waals surface area contributed by atoms with Gasteiger partial charge in [0, 0.05) is 12.5 Å². The smallest absolute Gasteiger partial charge is 0.223 e. The number of amides is 1. The van der Waals surface area contributed by atoms with E-state index >= 15 is 0 Å². The van der Waals surface area contributed by atoms with Gasteiger partial charge in [-0.2, -0.15) is 0 Å². The van der Waals surface area contributed by atoms with Gasteiger partial charge < -0.3 is 10.1 Å². The highest BCUT2D eigenvalue weighted by Crippen LogP contribution is 2.47. The summed E-state index contributed by atoms with van der Waals surface area (Å²) in [4.78, 5) is 11.7. The van der Waals surface area contributed by atoms with E-state index in [9.17, 15) is 4.79 Å². The van der Waals surface area contributed by atoms with Gasteiger partial charge in [0.1, 0.15) is 5.75 Å². The van der Waals surface area contributed by atoms with Crippen LogP contribution in [0.15, 0.2) is 24.3 Å². The summed E-state index contributed by atoms with van der Waals surface area (Å²) in [5, 5.41) is 2.95. The van der Waals surface area contributed by atoms with E-state index in [-0.39, 0.29) is 11.8 Å². The molecule has 0 saturated heterocycles. The van der Waals surface area contributed by atoms with E-state index in [4.69, 9.17) is 4.74 Å². The predicted octanol–water partition coefficient (Wildman–Crippen LogP) is 2.32. The Morgan fingerprint density at radius 1 is 1.41 bits per heavy atom. The fraction of sp³-hybridized carbons (Fsp3) is 0.500. The van der Waals surface area contributed by atoms with Crippen LogP contribution in [0.5, 0.6) is 5.75 Å². The van der Waals surface area contributed by atoms with Crippen molar-refractivity contribution in [2.75, 3.05) is 13.7 Å². The van der Waals surface area contributed by atoms with Crippen molar-refractivity contribution in [2.24, 2.45) is 5.92 Å². The van der Waals surface area contributed by atoms with Gasteiger partial charge in [-0.3, -0.25) is 4.79 Å². The highest BCUT2D eigenvalue weighted by atomic mass is 16.5. The van der Waals surface area contributed by atoms with Crippen molar-refractivity contribution >= 4 is 5.91 Å². The Hall–Kier alpha value is -1.51. The molecule has 1 fully saturated rings. The zero-order chi connectivity index (χ0) is 12.3. The van der Waals surface area contributed by atoms with Crippen LogP contribution < -0.4 is 10.1 Å². The minimum atomic E-state index is 0.176. The van der Waals surface area contributed by atoms with E-state index in [1.165, 1.54) is 5.56 Å². The molecule has 2 atom stereocenters. The fourth-order valence-electron chi connectivity index (χ4n) is 2.08. The lowest BCUT2D eigenvalue weighted by Crippen LogP contribution is -2.25. The van der Waals surface area contributed by atoms with Crippen LogP contribution in [-0.4, -0.2) is 19.6 Å². The maximum Gasteiger partial charge on any atom is 0.223 e. The summed E-state index contributed by atoms with van der Waals surface area (Å²) >= 11 is 0. The Bertz CT molecular complexity index is 386. The second kappa shape index (κ2) is 5.21. The van der Waals surface area contributed by atoms with E-state index < -0.39 is 0 Å². The number of rotatable bonds is 5. The molecule has 3 heteroatoms. The van der Waals surface area contributed by atoms with E-state index in [0.29, 0.717) is 5.92 Å². The van der Waals surface area contributed by atoms with Crippen molar-refractivity contribution in [3.8, 4) is 5.75 Å². The number of benzene rings is 1. The SMILES string of the molecule is CCCNC(=O)C1CC1c1ccc(OC)cc1. The number of carbonyl (C=O) groups is 1. The number of ether oxygens (including phenoxy) is 1. The molecule has 3 nitrogen and oxygen atoms in total. The molecule has 1 saturated carbocycles. The van der Waals surface area contributed by atoms with Crippen molar-refractivity contribution in [3.05, 3.63) is 29.8 Å². The van der Waals surface area contributed by atoms with Crippen LogP contribution >= 0.6 is 0 Å². The number of nitrogens with one attached hydrogen (secondary N) is 1. The minimum Gasteiger partial charge on any atom is -0.497 e. The third-order valence-corrected chi connectivity index (χ3v) is 3.22. The first-order valence-corrected chi connectivity index (χ1v) is 6.18. The molecule has 2 unspecified atom stereocenters. The van der Waals surface area contributed by atoms with E-state index in [0.717, 1.165) is 25.1 Å². The lowest BCUT2D eigenvalue weighted by Gasteiger charge is -2.04. The van der Waals surface area contributed by atoms with Gasteiger partial charge in [0.2, 0.25) is 5.91 Å². The molecule has 17 heavy (non-hydrogen) atoms. The Labute approximate surface area is 102 Å². The highest BCUT2D eigenvalue weighted by Gasteiger charge is 2.43. The summed E-state index contributed by atoms with van der Waals surface area (Å²) in [6.45, 7) is 2.85. The number of hydrogen-bond acceptors (Lipinski definition) is 2. The summed E-state index contributed by atoms with van der Waals surface area (Å²) < 4.78 is 5.12. The molecule has 1 aliphatic rings. The van der Waals surface area contributed by atoms with Crippen LogP contribution in [0.4, 0.5) is 0 Å². The summed E-state index contributed by atoms with van der Waals surface area (Å²) in [5.41, 5.74) is 1.24. The molecule has 0 bridgehead atoms. The second-order valence-electron chi connectivity index (χ2n) is 4.51. The lowest BCUT2D eigenvalue weighted by atomic mass is 10.1. The van der Waals surface area contributed by atoms with E-state index in [1.54, 1.807) is 7.11 Å². The van der Waals surface area contributed by atoms with Crippen molar-refractivity contribution in [2.45, 2.75) is 25.7 Å². The molecule has 92 valence electrons. The molecule has 1 N–H and O–H groups in total. The average Bonchev–Trinajstić information content (AvgIpc) is 3.16. The molecule has 1 aromatic carbocycles. The lowest BCUT2D eigenvalue weighted by molar-refractivity contribution is -0.122. The third-order valence-electron chi connectivity index (χ3n) is 3.22. The van der Waals surface area contributed by atoms with Crippen molar-refractivity contribution in [1.29, 1.82) is 0 Å². The van der Waals surface area contributed by atoms with Crippen LogP contribution in [-0.2, 0) is 4.79 Å². The Morgan fingerprint density at radius 3 is 2.71 bits per heavy atom.